The van der Waals surface area contributed by atoms with E-state index in [0.29, 0.717) is 5.92 Å². The summed E-state index contributed by atoms with van der Waals surface area (Å²) in [6.45, 7) is 3.68. The molecule has 0 unspecified atom stereocenters. The molecule has 1 fully saturated rings. The monoisotopic (exact) mass is 244 g/mol. The molecule has 0 N–H and O–H groups in total. The van der Waals surface area contributed by atoms with Crippen molar-refractivity contribution in [3.05, 3.63) is 60.5 Å². The number of halogens is 1. The van der Waals surface area contributed by atoms with E-state index in [9.17, 15) is 4.39 Å². The summed E-state index contributed by atoms with van der Waals surface area (Å²) in [4.78, 5) is 0. The van der Waals surface area contributed by atoms with E-state index in [1.165, 1.54) is 37.7 Å². The lowest BCUT2D eigenvalue weighted by Gasteiger charge is -2.28. The molecule has 1 heteroatoms. The summed E-state index contributed by atoms with van der Waals surface area (Å²) < 4.78 is 12.9. The summed E-state index contributed by atoms with van der Waals surface area (Å²) in [5, 5.41) is 0. The van der Waals surface area contributed by atoms with Gasteiger partial charge in [0.25, 0.3) is 0 Å². The van der Waals surface area contributed by atoms with Gasteiger partial charge in [-0.15, -0.1) is 0 Å². The predicted molar refractivity (Wildman–Crippen MR) is 75.1 cm³/mol. The van der Waals surface area contributed by atoms with Crippen molar-refractivity contribution in [2.75, 3.05) is 0 Å². The van der Waals surface area contributed by atoms with Crippen molar-refractivity contribution in [1.29, 1.82) is 0 Å². The fraction of sp³-hybridized carbons (Fsp3) is 0.412. The van der Waals surface area contributed by atoms with Gasteiger partial charge < -0.3 is 0 Å². The number of hydrogen-bond donors (Lipinski definition) is 0. The van der Waals surface area contributed by atoms with Gasteiger partial charge in [0.05, 0.1) is 0 Å². The van der Waals surface area contributed by atoms with E-state index in [-0.39, 0.29) is 5.82 Å². The van der Waals surface area contributed by atoms with Crippen LogP contribution < -0.4 is 0 Å². The van der Waals surface area contributed by atoms with Gasteiger partial charge in [0, 0.05) is 0 Å². The Morgan fingerprint density at radius 1 is 1.11 bits per heavy atom. The molecule has 0 aliphatic heterocycles. The summed E-state index contributed by atoms with van der Waals surface area (Å²) in [6.07, 6.45) is 12.3. The average Bonchev–Trinajstić information content (AvgIpc) is 2.41. The van der Waals surface area contributed by atoms with E-state index in [1.54, 1.807) is 12.1 Å². The fourth-order valence-corrected chi connectivity index (χ4v) is 2.83. The molecule has 1 aliphatic rings. The molecule has 1 aromatic rings. The highest BCUT2D eigenvalue weighted by Crippen LogP contribution is 2.37. The van der Waals surface area contributed by atoms with Gasteiger partial charge in [0.1, 0.15) is 5.82 Å². The van der Waals surface area contributed by atoms with Crippen LogP contribution in [0.15, 0.2) is 49.1 Å². The molecule has 0 saturated heterocycles. The van der Waals surface area contributed by atoms with Gasteiger partial charge in [-0.05, 0) is 61.6 Å². The summed E-state index contributed by atoms with van der Waals surface area (Å²) in [5.41, 5.74) is 1.30. The van der Waals surface area contributed by atoms with Gasteiger partial charge in [-0.1, -0.05) is 36.9 Å². The molecule has 2 rings (SSSR count). The number of hydrogen-bond acceptors (Lipinski definition) is 0. The van der Waals surface area contributed by atoms with Crippen LogP contribution in [-0.4, -0.2) is 0 Å². The molecule has 0 nitrogen and oxygen atoms in total. The topological polar surface area (TPSA) is 0 Å². The van der Waals surface area contributed by atoms with E-state index in [1.807, 2.05) is 24.3 Å². The van der Waals surface area contributed by atoms with Crippen LogP contribution in [0, 0.1) is 11.7 Å². The standard InChI is InChI=1S/C17H21F/c1-2-3-4-5-14-6-8-15(9-7-14)16-10-12-17(18)13-11-16/h2-4,10-15H,1,5-9H2/b4-3-. The second-order valence-corrected chi connectivity index (χ2v) is 5.17. The Morgan fingerprint density at radius 2 is 1.78 bits per heavy atom. The van der Waals surface area contributed by atoms with Crippen LogP contribution in [0.2, 0.25) is 0 Å². The van der Waals surface area contributed by atoms with Gasteiger partial charge in [-0.25, -0.2) is 4.39 Å². The average molecular weight is 244 g/mol. The Balaban J connectivity index is 1.84. The number of allylic oxidation sites excluding steroid dienone is 3. The highest BCUT2D eigenvalue weighted by molar-refractivity contribution is 5.20. The Hall–Kier alpha value is -1.37. The minimum atomic E-state index is -0.137. The third kappa shape index (κ3) is 3.56. The van der Waals surface area contributed by atoms with Crippen LogP contribution in [0.1, 0.15) is 43.6 Å². The van der Waals surface area contributed by atoms with E-state index >= 15 is 0 Å². The first-order chi connectivity index (χ1) is 8.79. The molecule has 1 aromatic carbocycles. The Morgan fingerprint density at radius 3 is 2.39 bits per heavy atom. The Bertz CT molecular complexity index is 394. The van der Waals surface area contributed by atoms with E-state index in [2.05, 4.69) is 12.7 Å². The highest BCUT2D eigenvalue weighted by atomic mass is 19.1. The van der Waals surface area contributed by atoms with Crippen molar-refractivity contribution in [2.24, 2.45) is 5.92 Å². The van der Waals surface area contributed by atoms with E-state index in [4.69, 9.17) is 0 Å². The predicted octanol–water partition coefficient (Wildman–Crippen LogP) is 5.23. The largest absolute Gasteiger partial charge is 0.207 e. The molecule has 0 amide bonds. The van der Waals surface area contributed by atoms with Crippen molar-refractivity contribution >= 4 is 0 Å². The van der Waals surface area contributed by atoms with Crippen molar-refractivity contribution in [1.82, 2.24) is 0 Å². The molecule has 0 aromatic heterocycles. The summed E-state index contributed by atoms with van der Waals surface area (Å²) in [6, 6.07) is 7.04. The quantitative estimate of drug-likeness (QED) is 0.636. The molecule has 0 spiro atoms. The second-order valence-electron chi connectivity index (χ2n) is 5.17. The maximum atomic E-state index is 12.9. The lowest BCUT2D eigenvalue weighted by Crippen LogP contribution is -2.12. The highest BCUT2D eigenvalue weighted by Gasteiger charge is 2.21. The maximum absolute atomic E-state index is 12.9. The lowest BCUT2D eigenvalue weighted by atomic mass is 9.77. The van der Waals surface area contributed by atoms with Crippen LogP contribution in [0.4, 0.5) is 4.39 Å². The summed E-state index contributed by atoms with van der Waals surface area (Å²) >= 11 is 0. The first-order valence-corrected chi connectivity index (χ1v) is 6.82. The molecule has 0 atom stereocenters. The smallest absolute Gasteiger partial charge is 0.123 e. The second kappa shape index (κ2) is 6.53. The Labute approximate surface area is 109 Å². The first-order valence-electron chi connectivity index (χ1n) is 6.82. The molecular weight excluding hydrogens is 223 g/mol. The first kappa shape index (κ1) is 13.1. The van der Waals surface area contributed by atoms with Gasteiger partial charge >= 0.3 is 0 Å². The minimum absolute atomic E-state index is 0.137. The lowest BCUT2D eigenvalue weighted by molar-refractivity contribution is 0.328. The minimum Gasteiger partial charge on any atom is -0.207 e. The van der Waals surface area contributed by atoms with Crippen molar-refractivity contribution < 1.29 is 4.39 Å². The van der Waals surface area contributed by atoms with Crippen LogP contribution in [-0.2, 0) is 0 Å². The van der Waals surface area contributed by atoms with Crippen LogP contribution in [0.25, 0.3) is 0 Å². The van der Waals surface area contributed by atoms with Gasteiger partial charge in [0.2, 0.25) is 0 Å². The van der Waals surface area contributed by atoms with Gasteiger partial charge in [-0.3, -0.25) is 0 Å². The summed E-state index contributed by atoms with van der Waals surface area (Å²) in [7, 11) is 0. The van der Waals surface area contributed by atoms with E-state index in [0.717, 1.165) is 5.92 Å². The molecule has 18 heavy (non-hydrogen) atoms. The fourth-order valence-electron chi connectivity index (χ4n) is 2.83. The summed E-state index contributed by atoms with van der Waals surface area (Å²) in [5.74, 6) is 1.31. The molecule has 0 heterocycles. The third-order valence-corrected chi connectivity index (χ3v) is 3.93. The maximum Gasteiger partial charge on any atom is 0.123 e. The normalized spacial score (nSPS) is 24.3. The third-order valence-electron chi connectivity index (χ3n) is 3.93. The number of rotatable bonds is 4. The van der Waals surface area contributed by atoms with Crippen molar-refractivity contribution in [2.45, 2.75) is 38.0 Å². The zero-order valence-electron chi connectivity index (χ0n) is 10.8. The zero-order chi connectivity index (χ0) is 12.8. The molecule has 1 aliphatic carbocycles. The molecule has 1 saturated carbocycles. The molecular formula is C17H21F. The molecule has 0 bridgehead atoms. The van der Waals surface area contributed by atoms with Crippen molar-refractivity contribution in [3.8, 4) is 0 Å². The zero-order valence-corrected chi connectivity index (χ0v) is 10.8. The van der Waals surface area contributed by atoms with Gasteiger partial charge in [0.15, 0.2) is 0 Å². The molecule has 0 radical (unpaired) electrons. The van der Waals surface area contributed by atoms with Gasteiger partial charge in [-0.2, -0.15) is 0 Å². The van der Waals surface area contributed by atoms with Crippen LogP contribution in [0.5, 0.6) is 0 Å². The van der Waals surface area contributed by atoms with E-state index < -0.39 is 0 Å². The number of benzene rings is 1. The van der Waals surface area contributed by atoms with Crippen LogP contribution >= 0.6 is 0 Å². The van der Waals surface area contributed by atoms with Crippen LogP contribution in [0.3, 0.4) is 0 Å². The molecule has 96 valence electrons. The Kier molecular flexibility index (Phi) is 4.74. The van der Waals surface area contributed by atoms with Crippen molar-refractivity contribution in [3.63, 3.8) is 0 Å². The SMILES string of the molecule is C=C/C=C\CC1CCC(c2ccc(F)cc2)CC1.